The second-order valence-electron chi connectivity index (χ2n) is 2.83. The van der Waals surface area contributed by atoms with Crippen LogP contribution in [0.15, 0.2) is 0 Å². The van der Waals surface area contributed by atoms with Crippen molar-refractivity contribution in [1.29, 1.82) is 0 Å². The van der Waals surface area contributed by atoms with Crippen LogP contribution in [-0.4, -0.2) is 36.5 Å². The molecule has 2 nitrogen and oxygen atoms in total. The molecule has 100 valence electrons. The summed E-state index contributed by atoms with van der Waals surface area (Å²) < 4.78 is 82.3. The Bertz CT molecular complexity index is 158. The summed E-state index contributed by atoms with van der Waals surface area (Å²) in [6.07, 6.45) is -15.5. The summed E-state index contributed by atoms with van der Waals surface area (Å²) in [5, 5.41) is 8.06. The van der Waals surface area contributed by atoms with Crippen molar-refractivity contribution >= 4 is 0 Å². The van der Waals surface area contributed by atoms with Gasteiger partial charge in [-0.15, -0.1) is 0 Å². The van der Waals surface area contributed by atoms with Gasteiger partial charge in [0.15, 0.2) is 6.86 Å². The third kappa shape index (κ3) is 9.97. The lowest BCUT2D eigenvalue weighted by molar-refractivity contribution is -0.327. The van der Waals surface area contributed by atoms with E-state index in [2.05, 4.69) is 4.74 Å². The molecular weight excluding hydrogens is 249 g/mol. The van der Waals surface area contributed by atoms with E-state index in [9.17, 15) is 30.7 Å². The largest absolute Gasteiger partial charge is 0.423 e. The number of hydrogen-bond donors (Lipinski definition) is 1. The molecule has 0 atom stereocenters. The van der Waals surface area contributed by atoms with E-state index in [1.807, 2.05) is 0 Å². The summed E-state index contributed by atoms with van der Waals surface area (Å²) in [5.41, 5.74) is 0. The second-order valence-corrected chi connectivity index (χ2v) is 2.83. The van der Waals surface area contributed by atoms with Crippen molar-refractivity contribution in [2.24, 2.45) is 0 Å². The number of ether oxygens (including phenoxy) is 1. The van der Waals surface area contributed by atoms with Gasteiger partial charge in [-0.25, -0.2) is 4.39 Å². The fourth-order valence-electron chi connectivity index (χ4n) is 0.438. The molecule has 0 bridgehead atoms. The Morgan fingerprint density at radius 3 is 1.31 bits per heavy atom. The monoisotopic (exact) mass is 260 g/mol. The molecule has 0 aromatic carbocycles. The molecular formula is C7H11F7O2. The van der Waals surface area contributed by atoms with Gasteiger partial charge in [-0.3, -0.25) is 0 Å². The van der Waals surface area contributed by atoms with E-state index in [0.717, 1.165) is 0 Å². The first-order valence-corrected chi connectivity index (χ1v) is 3.92. The van der Waals surface area contributed by atoms with Gasteiger partial charge in [-0.1, -0.05) is 0 Å². The van der Waals surface area contributed by atoms with E-state index in [1.54, 1.807) is 13.8 Å². The van der Waals surface area contributed by atoms with Gasteiger partial charge in [0.1, 0.15) is 0 Å². The summed E-state index contributed by atoms with van der Waals surface area (Å²) in [6.45, 7) is 1.31. The second kappa shape index (κ2) is 6.89. The van der Waals surface area contributed by atoms with Gasteiger partial charge >= 0.3 is 12.4 Å². The van der Waals surface area contributed by atoms with Crippen molar-refractivity contribution in [3.8, 4) is 0 Å². The predicted molar refractivity (Wildman–Crippen MR) is 40.3 cm³/mol. The van der Waals surface area contributed by atoms with Crippen LogP contribution in [0.4, 0.5) is 30.7 Å². The van der Waals surface area contributed by atoms with Gasteiger partial charge in [0.25, 0.3) is 6.10 Å². The highest BCUT2D eigenvalue weighted by Gasteiger charge is 2.58. The summed E-state index contributed by atoms with van der Waals surface area (Å²) in [4.78, 5) is 0. The first-order chi connectivity index (χ1) is 6.92. The van der Waals surface area contributed by atoms with Crippen molar-refractivity contribution in [2.75, 3.05) is 6.86 Å². The lowest BCUT2D eigenvalue weighted by atomic mass is 10.3. The van der Waals surface area contributed by atoms with E-state index >= 15 is 0 Å². The van der Waals surface area contributed by atoms with Gasteiger partial charge in [-0.2, -0.15) is 26.3 Å². The Morgan fingerprint density at radius 2 is 1.25 bits per heavy atom. The molecule has 0 heterocycles. The first kappa shape index (κ1) is 17.8. The molecule has 16 heavy (non-hydrogen) atoms. The van der Waals surface area contributed by atoms with Crippen LogP contribution in [0.1, 0.15) is 13.8 Å². The minimum absolute atomic E-state index is 0.167. The number of aliphatic hydroxyl groups excluding tert-OH is 1. The molecule has 0 spiro atoms. The zero-order chi connectivity index (χ0) is 13.6. The molecule has 0 aromatic rings. The molecule has 0 saturated carbocycles. The quantitative estimate of drug-likeness (QED) is 0.773. The van der Waals surface area contributed by atoms with E-state index in [0.29, 0.717) is 0 Å². The standard InChI is InChI=1S/C4H3F7O.C3H8O/c5-1-12-2(3(6,7)8)4(9,10)11;1-3(2)4/h2H,1H2;3-4H,1-2H3. The average Bonchev–Trinajstić information content (AvgIpc) is 1.94. The van der Waals surface area contributed by atoms with Crippen LogP contribution >= 0.6 is 0 Å². The fraction of sp³-hybridized carbons (Fsp3) is 1.00. The van der Waals surface area contributed by atoms with Gasteiger partial charge < -0.3 is 9.84 Å². The molecule has 0 aliphatic heterocycles. The highest BCUT2D eigenvalue weighted by molar-refractivity contribution is 4.75. The van der Waals surface area contributed by atoms with Crippen LogP contribution < -0.4 is 0 Å². The topological polar surface area (TPSA) is 29.5 Å². The third-order valence-electron chi connectivity index (χ3n) is 0.824. The minimum atomic E-state index is -5.63. The summed E-state index contributed by atoms with van der Waals surface area (Å²) in [5.74, 6) is 0. The lowest BCUT2D eigenvalue weighted by Gasteiger charge is -2.21. The molecule has 0 rings (SSSR count). The molecule has 0 aliphatic rings. The van der Waals surface area contributed by atoms with Crippen molar-refractivity contribution in [1.82, 2.24) is 0 Å². The third-order valence-corrected chi connectivity index (χ3v) is 0.824. The molecule has 0 amide bonds. The fourth-order valence-corrected chi connectivity index (χ4v) is 0.438. The van der Waals surface area contributed by atoms with E-state index < -0.39 is 25.3 Å². The molecule has 0 fully saturated rings. The van der Waals surface area contributed by atoms with Crippen molar-refractivity contribution < 1.29 is 40.6 Å². The van der Waals surface area contributed by atoms with Gasteiger partial charge in [0.05, 0.1) is 0 Å². The molecule has 0 unspecified atom stereocenters. The number of halogens is 7. The normalized spacial score (nSPS) is 12.8. The Hall–Kier alpha value is -0.570. The molecule has 1 N–H and O–H groups in total. The maximum Gasteiger partial charge on any atom is 0.423 e. The number of alkyl halides is 7. The highest BCUT2D eigenvalue weighted by Crippen LogP contribution is 2.35. The molecule has 0 saturated heterocycles. The minimum Gasteiger partial charge on any atom is -0.394 e. The Labute approximate surface area is 87.0 Å². The van der Waals surface area contributed by atoms with Gasteiger partial charge in [0, 0.05) is 6.10 Å². The smallest absolute Gasteiger partial charge is 0.394 e. The maximum atomic E-state index is 11.4. The zero-order valence-electron chi connectivity index (χ0n) is 8.36. The average molecular weight is 260 g/mol. The van der Waals surface area contributed by atoms with Crippen molar-refractivity contribution in [3.63, 3.8) is 0 Å². The summed E-state index contributed by atoms with van der Waals surface area (Å²) in [6, 6.07) is 0. The lowest BCUT2D eigenvalue weighted by Crippen LogP contribution is -2.44. The summed E-state index contributed by atoms with van der Waals surface area (Å²) >= 11 is 0. The predicted octanol–water partition coefficient (Wildman–Crippen LogP) is 2.81. The molecule has 0 aromatic heterocycles. The molecule has 0 aliphatic carbocycles. The van der Waals surface area contributed by atoms with Crippen LogP contribution in [0.3, 0.4) is 0 Å². The molecule has 0 radical (unpaired) electrons. The Kier molecular flexibility index (Phi) is 7.68. The van der Waals surface area contributed by atoms with Crippen LogP contribution in [0.2, 0.25) is 0 Å². The number of hydrogen-bond acceptors (Lipinski definition) is 2. The van der Waals surface area contributed by atoms with Crippen LogP contribution in [0.5, 0.6) is 0 Å². The van der Waals surface area contributed by atoms with Crippen LogP contribution in [0.25, 0.3) is 0 Å². The van der Waals surface area contributed by atoms with Gasteiger partial charge in [0.2, 0.25) is 0 Å². The summed E-state index contributed by atoms with van der Waals surface area (Å²) in [7, 11) is 0. The Balaban J connectivity index is 0. The van der Waals surface area contributed by atoms with Crippen molar-refractivity contribution in [2.45, 2.75) is 38.4 Å². The molecule has 9 heteroatoms. The van der Waals surface area contributed by atoms with Crippen molar-refractivity contribution in [3.05, 3.63) is 0 Å². The Morgan fingerprint density at radius 1 is 1.00 bits per heavy atom. The SMILES string of the molecule is CC(C)O.FCOC(C(F)(F)F)C(F)(F)F. The van der Waals surface area contributed by atoms with E-state index in [-0.39, 0.29) is 6.10 Å². The van der Waals surface area contributed by atoms with E-state index in [1.165, 1.54) is 0 Å². The van der Waals surface area contributed by atoms with E-state index in [4.69, 9.17) is 5.11 Å². The first-order valence-electron chi connectivity index (χ1n) is 3.92. The number of rotatable bonds is 2. The van der Waals surface area contributed by atoms with Crippen LogP contribution in [0, 0.1) is 0 Å². The highest BCUT2D eigenvalue weighted by atomic mass is 19.4. The number of aliphatic hydroxyl groups is 1. The maximum absolute atomic E-state index is 11.4. The van der Waals surface area contributed by atoms with Gasteiger partial charge in [-0.05, 0) is 13.8 Å². The van der Waals surface area contributed by atoms with Crippen LogP contribution in [-0.2, 0) is 4.74 Å². The zero-order valence-corrected chi connectivity index (χ0v) is 8.36.